The first kappa shape index (κ1) is 45.8. The number of halogens is 4. The largest absolute Gasteiger partial charge is 0.295 e. The highest BCUT2D eigenvalue weighted by Crippen LogP contribution is 2.63. The molecule has 0 aromatic heterocycles. The molecule has 0 N–H and O–H groups in total. The van der Waals surface area contributed by atoms with Crippen LogP contribution in [0.2, 0.25) is 0 Å². The Morgan fingerprint density at radius 1 is 0.521 bits per heavy atom. The van der Waals surface area contributed by atoms with Gasteiger partial charge in [0.25, 0.3) is 0 Å². The molecule has 0 unspecified atom stereocenters. The monoisotopic (exact) mass is 727 g/mol. The zero-order valence-electron chi connectivity index (χ0n) is 32.5. The molecule has 0 aromatic rings. The lowest BCUT2D eigenvalue weighted by Crippen LogP contribution is -2.46. The van der Waals surface area contributed by atoms with Crippen LogP contribution < -0.4 is 0 Å². The number of hydrogen-bond donors (Lipinski definition) is 0. The smallest absolute Gasteiger partial charge is 0.239 e. The Kier molecular flexibility index (Phi) is 21.6. The van der Waals surface area contributed by atoms with Crippen LogP contribution in [-0.4, -0.2) is 60.9 Å². The maximum absolute atomic E-state index is 12.5. The van der Waals surface area contributed by atoms with Crippen LogP contribution in [0.3, 0.4) is 0 Å². The molecular formula is C40H74F4O2S2+2. The van der Waals surface area contributed by atoms with Crippen molar-refractivity contribution in [2.45, 2.75) is 157 Å². The van der Waals surface area contributed by atoms with Crippen LogP contribution >= 0.6 is 0 Å². The van der Waals surface area contributed by atoms with Gasteiger partial charge in [0.1, 0.15) is 0 Å². The van der Waals surface area contributed by atoms with Crippen molar-refractivity contribution in [3.05, 3.63) is 0 Å². The zero-order valence-corrected chi connectivity index (χ0v) is 34.1. The van der Waals surface area contributed by atoms with Crippen molar-refractivity contribution in [1.82, 2.24) is 0 Å². The second-order valence-electron chi connectivity index (χ2n) is 17.1. The number of alkyl halides is 4. The third kappa shape index (κ3) is 17.8. The molecule has 284 valence electrons. The summed E-state index contributed by atoms with van der Waals surface area (Å²) in [5.74, 6) is 6.93. The molecule has 8 aliphatic rings. The SMILES string of the molecule is CC(=O)C[S+](C)C.CC(=O)C[S+](C)C.CCC.CCC.FC(F)CC12CC3CC(CC(C3)C1)C2.FC(F)CC12CC3CC(CC(C3)C1)C2. The van der Waals surface area contributed by atoms with Gasteiger partial charge in [-0.25, -0.2) is 17.6 Å². The molecule has 0 aromatic carbocycles. The fourth-order valence-electron chi connectivity index (χ4n) is 10.5. The maximum atomic E-state index is 12.5. The minimum Gasteiger partial charge on any atom is -0.295 e. The molecule has 8 heteroatoms. The van der Waals surface area contributed by atoms with E-state index in [0.717, 1.165) is 85.5 Å². The van der Waals surface area contributed by atoms with Crippen molar-refractivity contribution in [2.24, 2.45) is 46.3 Å². The minimum absolute atomic E-state index is 0.0723. The van der Waals surface area contributed by atoms with Gasteiger partial charge in [0.05, 0.1) is 25.0 Å². The molecule has 8 aliphatic carbocycles. The molecule has 0 amide bonds. The highest BCUT2D eigenvalue weighted by molar-refractivity contribution is 7.96. The predicted octanol–water partition coefficient (Wildman–Crippen LogP) is 11.5. The van der Waals surface area contributed by atoms with E-state index in [1.165, 1.54) is 51.4 Å². The van der Waals surface area contributed by atoms with Crippen molar-refractivity contribution in [3.63, 3.8) is 0 Å². The van der Waals surface area contributed by atoms with E-state index in [9.17, 15) is 27.2 Å². The van der Waals surface area contributed by atoms with Gasteiger partial charge in [-0.05, 0) is 159 Å². The van der Waals surface area contributed by atoms with E-state index in [4.69, 9.17) is 0 Å². The van der Waals surface area contributed by atoms with Gasteiger partial charge in [-0.1, -0.05) is 40.5 Å². The Morgan fingerprint density at radius 2 is 0.708 bits per heavy atom. The highest BCUT2D eigenvalue weighted by Gasteiger charge is 2.52. The minimum atomic E-state index is -2.08. The maximum Gasteiger partial charge on any atom is 0.239 e. The van der Waals surface area contributed by atoms with Crippen LogP contribution in [0.4, 0.5) is 17.6 Å². The van der Waals surface area contributed by atoms with Gasteiger partial charge >= 0.3 is 0 Å². The Labute approximate surface area is 299 Å². The lowest BCUT2D eigenvalue weighted by atomic mass is 9.49. The van der Waals surface area contributed by atoms with E-state index in [0.29, 0.717) is 33.4 Å². The lowest BCUT2D eigenvalue weighted by molar-refractivity contribution is -0.115. The Morgan fingerprint density at radius 3 is 0.812 bits per heavy atom. The van der Waals surface area contributed by atoms with Gasteiger partial charge in [0.15, 0.2) is 23.1 Å². The summed E-state index contributed by atoms with van der Waals surface area (Å²) in [6, 6.07) is 0. The molecule has 8 rings (SSSR count). The molecule has 8 fully saturated rings. The van der Waals surface area contributed by atoms with Crippen molar-refractivity contribution >= 4 is 33.4 Å². The first-order valence-corrected chi connectivity index (χ1v) is 23.4. The molecule has 0 heterocycles. The molecule has 0 spiro atoms. The summed E-state index contributed by atoms with van der Waals surface area (Å²) in [6.45, 7) is 11.8. The van der Waals surface area contributed by atoms with E-state index in [-0.39, 0.29) is 23.7 Å². The summed E-state index contributed by atoms with van der Waals surface area (Å²) < 4.78 is 50.2. The Balaban J connectivity index is 0.000000317. The van der Waals surface area contributed by atoms with Gasteiger partial charge in [-0.2, -0.15) is 0 Å². The van der Waals surface area contributed by atoms with E-state index in [1.807, 2.05) is 0 Å². The van der Waals surface area contributed by atoms with Crippen molar-refractivity contribution < 1.29 is 27.2 Å². The van der Waals surface area contributed by atoms with Gasteiger partial charge < -0.3 is 0 Å². The third-order valence-electron chi connectivity index (χ3n) is 10.5. The van der Waals surface area contributed by atoms with Gasteiger partial charge in [0, 0.05) is 12.8 Å². The standard InChI is InChI=1S/2C12H18F2.2C5H11OS.2C3H8/c2*13-11(14)7-12-4-8-1-9(5-12)3-10(2-8)6-12;2*1-5(6)4-7(2)3;2*1-3-2/h2*8-11H,1-7H2;2*4H2,1-3H3;2*3H2,1-2H3/q;;2*+1;;. The average Bonchev–Trinajstić information content (AvgIpc) is 2.86. The second-order valence-corrected chi connectivity index (χ2v) is 21.6. The van der Waals surface area contributed by atoms with Crippen LogP contribution in [0.1, 0.15) is 144 Å². The summed E-state index contributed by atoms with van der Waals surface area (Å²) in [6.07, 6.45) is 21.8. The molecule has 2 nitrogen and oxygen atoms in total. The number of Topliss-reactive ketones (excluding diaryl/α,β-unsaturated/α-hetero) is 2. The zero-order chi connectivity index (χ0) is 36.7. The van der Waals surface area contributed by atoms with Crippen molar-refractivity contribution in [1.29, 1.82) is 0 Å². The van der Waals surface area contributed by atoms with E-state index < -0.39 is 12.9 Å². The van der Waals surface area contributed by atoms with Crippen LogP contribution in [-0.2, 0) is 31.4 Å². The summed E-state index contributed by atoms with van der Waals surface area (Å²) in [7, 11) is 0.610. The van der Waals surface area contributed by atoms with Crippen LogP contribution in [0.5, 0.6) is 0 Å². The predicted molar refractivity (Wildman–Crippen MR) is 204 cm³/mol. The van der Waals surface area contributed by atoms with Crippen molar-refractivity contribution in [3.8, 4) is 0 Å². The fraction of sp³-hybridized carbons (Fsp3) is 0.950. The van der Waals surface area contributed by atoms with Gasteiger partial charge in [0.2, 0.25) is 12.9 Å². The summed E-state index contributed by atoms with van der Waals surface area (Å²) >= 11 is 0. The molecule has 0 radical (unpaired) electrons. The van der Waals surface area contributed by atoms with E-state index in [2.05, 4.69) is 52.7 Å². The Bertz CT molecular complexity index is 753. The molecule has 0 aliphatic heterocycles. The van der Waals surface area contributed by atoms with Gasteiger partial charge in [-0.3, -0.25) is 9.59 Å². The normalized spacial score (nSPS) is 33.0. The lowest BCUT2D eigenvalue weighted by Gasteiger charge is -2.57. The van der Waals surface area contributed by atoms with Crippen LogP contribution in [0, 0.1) is 46.3 Å². The highest BCUT2D eigenvalue weighted by atomic mass is 32.2. The third-order valence-corrected chi connectivity index (χ3v) is 12.5. The number of ketones is 2. The molecular weight excluding hydrogens is 653 g/mol. The molecule has 48 heavy (non-hydrogen) atoms. The molecule has 0 atom stereocenters. The molecule has 8 bridgehead atoms. The van der Waals surface area contributed by atoms with Gasteiger partial charge in [-0.15, -0.1) is 0 Å². The van der Waals surface area contributed by atoms with E-state index >= 15 is 0 Å². The number of carbonyl (C=O) groups is 2. The molecule has 8 saturated carbocycles. The quantitative estimate of drug-likeness (QED) is 0.184. The molecule has 0 saturated heterocycles. The summed E-state index contributed by atoms with van der Waals surface area (Å²) in [5, 5.41) is 0. The number of carbonyl (C=O) groups excluding carboxylic acids is 2. The fourth-order valence-corrected chi connectivity index (χ4v) is 12.2. The van der Waals surface area contributed by atoms with Crippen molar-refractivity contribution in [2.75, 3.05) is 36.5 Å². The Hall–Kier alpha value is -0.240. The van der Waals surface area contributed by atoms with Crippen LogP contribution in [0.25, 0.3) is 0 Å². The summed E-state index contributed by atoms with van der Waals surface area (Å²) in [5.41, 5.74) is 0.145. The average molecular weight is 727 g/mol. The number of hydrogen-bond acceptors (Lipinski definition) is 2. The first-order valence-electron chi connectivity index (χ1n) is 19.0. The van der Waals surface area contributed by atoms with Crippen LogP contribution in [0.15, 0.2) is 0 Å². The number of rotatable bonds is 8. The topological polar surface area (TPSA) is 34.1 Å². The van der Waals surface area contributed by atoms with E-state index in [1.54, 1.807) is 13.8 Å². The second kappa shape index (κ2) is 22.6. The first-order chi connectivity index (χ1) is 22.4. The summed E-state index contributed by atoms with van der Waals surface area (Å²) in [4.78, 5) is 20.5.